The quantitative estimate of drug-likeness (QED) is 0.711. The van der Waals surface area contributed by atoms with E-state index in [0.29, 0.717) is 11.7 Å². The number of rotatable bonds is 2. The third kappa shape index (κ3) is 2.49. The summed E-state index contributed by atoms with van der Waals surface area (Å²) in [6.07, 6.45) is 11.4. The molecule has 3 atom stereocenters. The molecule has 0 aliphatic heterocycles. The highest BCUT2D eigenvalue weighted by molar-refractivity contribution is 5.51. The van der Waals surface area contributed by atoms with Crippen molar-refractivity contribution in [2.24, 2.45) is 22.7 Å². The van der Waals surface area contributed by atoms with Gasteiger partial charge in [-0.05, 0) is 53.7 Å². The second kappa shape index (κ2) is 5.43. The van der Waals surface area contributed by atoms with Crippen molar-refractivity contribution in [2.45, 2.75) is 47.0 Å². The first-order valence-corrected chi connectivity index (χ1v) is 8.57. The molecule has 124 valence electrons. The SMILES string of the molecule is C=C1C(O)=C(C)C(C=Cc2ccoc2)C2(C)CCCC(C)(C)C12. The molecule has 3 unspecified atom stereocenters. The molecule has 1 aromatic heterocycles. The van der Waals surface area contributed by atoms with Crippen LogP contribution in [0.3, 0.4) is 0 Å². The molecular weight excluding hydrogens is 284 g/mol. The molecule has 3 rings (SSSR count). The lowest BCUT2D eigenvalue weighted by molar-refractivity contribution is -0.00520. The first-order chi connectivity index (χ1) is 10.8. The summed E-state index contributed by atoms with van der Waals surface area (Å²) in [5.41, 5.74) is 3.32. The van der Waals surface area contributed by atoms with E-state index >= 15 is 0 Å². The van der Waals surface area contributed by atoms with E-state index in [-0.39, 0.29) is 16.7 Å². The molecule has 0 amide bonds. The van der Waals surface area contributed by atoms with Gasteiger partial charge in [-0.3, -0.25) is 0 Å². The minimum absolute atomic E-state index is 0.107. The molecule has 2 nitrogen and oxygen atoms in total. The molecule has 23 heavy (non-hydrogen) atoms. The van der Waals surface area contributed by atoms with Gasteiger partial charge in [-0.25, -0.2) is 0 Å². The highest BCUT2D eigenvalue weighted by Crippen LogP contribution is 2.62. The van der Waals surface area contributed by atoms with Gasteiger partial charge in [-0.1, -0.05) is 45.9 Å². The van der Waals surface area contributed by atoms with E-state index in [1.54, 1.807) is 12.5 Å². The largest absolute Gasteiger partial charge is 0.508 e. The molecule has 1 aromatic rings. The maximum Gasteiger partial charge on any atom is 0.118 e. The second-order valence-electron chi connectivity index (χ2n) is 8.23. The standard InChI is InChI=1S/C21H28O2/c1-14-17(8-7-16-9-12-23-13-16)21(5)11-6-10-20(3,4)19(21)15(2)18(14)22/h7-9,12-13,17,19,22H,2,6,10-11H2,1,3-5H3. The Morgan fingerprint density at radius 2 is 2.04 bits per heavy atom. The number of hydrogen-bond acceptors (Lipinski definition) is 2. The van der Waals surface area contributed by atoms with E-state index in [1.807, 2.05) is 13.0 Å². The van der Waals surface area contributed by atoms with Crippen LogP contribution in [0.4, 0.5) is 0 Å². The molecule has 0 bridgehead atoms. The van der Waals surface area contributed by atoms with Crippen LogP contribution < -0.4 is 0 Å². The van der Waals surface area contributed by atoms with E-state index in [4.69, 9.17) is 4.42 Å². The zero-order valence-electron chi connectivity index (χ0n) is 14.7. The van der Waals surface area contributed by atoms with Crippen LogP contribution in [0.15, 0.2) is 52.6 Å². The van der Waals surface area contributed by atoms with Crippen molar-refractivity contribution in [1.29, 1.82) is 0 Å². The van der Waals surface area contributed by atoms with Gasteiger partial charge in [0.05, 0.1) is 12.5 Å². The predicted octanol–water partition coefficient (Wildman–Crippen LogP) is 6.14. The van der Waals surface area contributed by atoms with E-state index in [2.05, 4.69) is 39.5 Å². The van der Waals surface area contributed by atoms with Crippen LogP contribution in [-0.4, -0.2) is 5.11 Å². The van der Waals surface area contributed by atoms with E-state index < -0.39 is 0 Å². The van der Waals surface area contributed by atoms with Crippen LogP contribution in [0.25, 0.3) is 6.08 Å². The smallest absolute Gasteiger partial charge is 0.118 e. The molecule has 1 N–H and O–H groups in total. The van der Waals surface area contributed by atoms with Crippen molar-refractivity contribution in [2.75, 3.05) is 0 Å². The minimum atomic E-state index is 0.107. The van der Waals surface area contributed by atoms with Gasteiger partial charge >= 0.3 is 0 Å². The Kier molecular flexibility index (Phi) is 3.82. The van der Waals surface area contributed by atoms with Crippen LogP contribution in [0.5, 0.6) is 0 Å². The fraction of sp³-hybridized carbons (Fsp3) is 0.524. The molecule has 1 heterocycles. The van der Waals surface area contributed by atoms with Crippen LogP contribution in [0, 0.1) is 22.7 Å². The number of aliphatic hydroxyl groups is 1. The third-order valence-corrected chi connectivity index (χ3v) is 6.20. The van der Waals surface area contributed by atoms with Crippen molar-refractivity contribution in [1.82, 2.24) is 0 Å². The summed E-state index contributed by atoms with van der Waals surface area (Å²) in [5.74, 6) is 0.961. The highest BCUT2D eigenvalue weighted by Gasteiger charge is 2.54. The molecule has 0 radical (unpaired) electrons. The van der Waals surface area contributed by atoms with Crippen molar-refractivity contribution >= 4 is 6.08 Å². The van der Waals surface area contributed by atoms with Gasteiger partial charge < -0.3 is 9.52 Å². The first-order valence-electron chi connectivity index (χ1n) is 8.57. The van der Waals surface area contributed by atoms with Gasteiger partial charge in [0.15, 0.2) is 0 Å². The highest BCUT2D eigenvalue weighted by atomic mass is 16.3. The third-order valence-electron chi connectivity index (χ3n) is 6.20. The summed E-state index contributed by atoms with van der Waals surface area (Å²) in [4.78, 5) is 0. The van der Waals surface area contributed by atoms with Crippen molar-refractivity contribution in [3.05, 3.63) is 53.7 Å². The predicted molar refractivity (Wildman–Crippen MR) is 94.9 cm³/mol. The maximum atomic E-state index is 10.7. The Morgan fingerprint density at radius 1 is 1.30 bits per heavy atom. The summed E-state index contributed by atoms with van der Waals surface area (Å²) in [5, 5.41) is 10.7. The number of fused-ring (bicyclic) bond motifs is 1. The lowest BCUT2D eigenvalue weighted by Gasteiger charge is -2.57. The molecular formula is C21H28O2. The van der Waals surface area contributed by atoms with Gasteiger partial charge in [0.2, 0.25) is 0 Å². The van der Waals surface area contributed by atoms with Gasteiger partial charge in [0.1, 0.15) is 5.76 Å². The summed E-state index contributed by atoms with van der Waals surface area (Å²) in [6, 6.07) is 1.96. The monoisotopic (exact) mass is 312 g/mol. The molecule has 0 aromatic carbocycles. The summed E-state index contributed by atoms with van der Waals surface area (Å²) >= 11 is 0. The van der Waals surface area contributed by atoms with Crippen molar-refractivity contribution < 1.29 is 9.52 Å². The number of hydrogen-bond donors (Lipinski definition) is 1. The number of furan rings is 1. The Hall–Kier alpha value is -1.70. The zero-order chi connectivity index (χ0) is 16.8. The van der Waals surface area contributed by atoms with E-state index in [9.17, 15) is 5.11 Å². The lowest BCUT2D eigenvalue weighted by atomic mass is 9.47. The second-order valence-corrected chi connectivity index (χ2v) is 8.23. The number of allylic oxidation sites excluding steroid dienone is 3. The Labute approximate surface area is 139 Å². The van der Waals surface area contributed by atoms with Gasteiger partial charge in [-0.15, -0.1) is 0 Å². The molecule has 2 heteroatoms. The first kappa shape index (κ1) is 16.2. The van der Waals surface area contributed by atoms with Crippen LogP contribution in [0.2, 0.25) is 0 Å². The fourth-order valence-electron chi connectivity index (χ4n) is 5.28. The molecule has 2 aliphatic rings. The maximum absolute atomic E-state index is 10.7. The van der Waals surface area contributed by atoms with Crippen molar-refractivity contribution in [3.8, 4) is 0 Å². The molecule has 1 saturated carbocycles. The summed E-state index contributed by atoms with van der Waals surface area (Å²) in [7, 11) is 0. The van der Waals surface area contributed by atoms with Gasteiger partial charge in [-0.2, -0.15) is 0 Å². The average molecular weight is 312 g/mol. The Balaban J connectivity index is 2.07. The normalized spacial score (nSPS) is 34.0. The average Bonchev–Trinajstić information content (AvgIpc) is 2.97. The Bertz CT molecular complexity index is 660. The molecule has 1 fully saturated rings. The zero-order valence-corrected chi connectivity index (χ0v) is 14.7. The summed E-state index contributed by atoms with van der Waals surface area (Å²) < 4.78 is 5.16. The van der Waals surface area contributed by atoms with E-state index in [1.165, 1.54) is 19.3 Å². The number of aliphatic hydroxyl groups excluding tert-OH is 1. The fourth-order valence-corrected chi connectivity index (χ4v) is 5.28. The summed E-state index contributed by atoms with van der Waals surface area (Å²) in [6.45, 7) is 13.3. The minimum Gasteiger partial charge on any atom is -0.508 e. The van der Waals surface area contributed by atoms with Crippen molar-refractivity contribution in [3.63, 3.8) is 0 Å². The van der Waals surface area contributed by atoms with Crippen LogP contribution in [-0.2, 0) is 0 Å². The van der Waals surface area contributed by atoms with E-state index in [0.717, 1.165) is 16.7 Å². The van der Waals surface area contributed by atoms with Gasteiger partial charge in [0, 0.05) is 11.5 Å². The molecule has 2 aliphatic carbocycles. The van der Waals surface area contributed by atoms with Gasteiger partial charge in [0.25, 0.3) is 0 Å². The topological polar surface area (TPSA) is 33.4 Å². The Morgan fingerprint density at radius 3 is 2.70 bits per heavy atom. The molecule has 0 spiro atoms. The van der Waals surface area contributed by atoms with Crippen LogP contribution >= 0.6 is 0 Å². The lowest BCUT2D eigenvalue weighted by Crippen LogP contribution is -2.49. The molecule has 0 saturated heterocycles. The van der Waals surface area contributed by atoms with Crippen LogP contribution in [0.1, 0.15) is 52.5 Å².